The van der Waals surface area contributed by atoms with E-state index in [1.165, 1.54) is 6.08 Å². The van der Waals surface area contributed by atoms with Gasteiger partial charge in [-0.25, -0.2) is 4.79 Å². The van der Waals surface area contributed by atoms with Crippen molar-refractivity contribution in [2.24, 2.45) is 11.8 Å². The lowest BCUT2D eigenvalue weighted by Gasteiger charge is -2.41. The third kappa shape index (κ3) is 1.89. The third-order valence-corrected chi connectivity index (χ3v) is 3.17. The average Bonchev–Trinajstić information content (AvgIpc) is 2.09. The predicted molar refractivity (Wildman–Crippen MR) is 51.7 cm³/mol. The Morgan fingerprint density at radius 1 is 1.60 bits per heavy atom. The lowest BCUT2D eigenvalue weighted by Crippen LogP contribution is -2.36. The van der Waals surface area contributed by atoms with Gasteiger partial charge in [0.2, 0.25) is 5.83 Å². The van der Waals surface area contributed by atoms with E-state index in [1.807, 2.05) is 0 Å². The number of hydrogen-bond donors (Lipinski definition) is 1. The van der Waals surface area contributed by atoms with Gasteiger partial charge in [0.1, 0.15) is 6.10 Å². The SMILES string of the molecule is C=C(F)C(=O)OC1C=C(O)[C@@H]2CCC2C1. The molecule has 2 unspecified atom stereocenters. The van der Waals surface area contributed by atoms with Gasteiger partial charge in [-0.15, -0.1) is 0 Å². The smallest absolute Gasteiger partial charge is 0.367 e. The van der Waals surface area contributed by atoms with Gasteiger partial charge in [-0.1, -0.05) is 6.58 Å². The molecular formula is C11H13FO3. The Kier molecular flexibility index (Phi) is 2.50. The second-order valence-corrected chi connectivity index (χ2v) is 4.12. The lowest BCUT2D eigenvalue weighted by atomic mass is 9.67. The molecular weight excluding hydrogens is 199 g/mol. The number of hydrogen-bond acceptors (Lipinski definition) is 3. The summed E-state index contributed by atoms with van der Waals surface area (Å²) in [6, 6.07) is 0. The van der Waals surface area contributed by atoms with E-state index < -0.39 is 17.9 Å². The number of carbonyl (C=O) groups excluding carboxylic acids is 1. The first-order valence-electron chi connectivity index (χ1n) is 5.04. The van der Waals surface area contributed by atoms with Crippen molar-refractivity contribution < 1.29 is 19.0 Å². The Hall–Kier alpha value is -1.32. The normalized spacial score (nSPS) is 33.4. The highest BCUT2D eigenvalue weighted by molar-refractivity contribution is 5.85. The van der Waals surface area contributed by atoms with Crippen LogP contribution in [0.3, 0.4) is 0 Å². The van der Waals surface area contributed by atoms with Crippen molar-refractivity contribution in [1.82, 2.24) is 0 Å². The van der Waals surface area contributed by atoms with Crippen molar-refractivity contribution in [1.29, 1.82) is 0 Å². The van der Waals surface area contributed by atoms with Gasteiger partial charge in [0.15, 0.2) is 0 Å². The van der Waals surface area contributed by atoms with Gasteiger partial charge in [-0.3, -0.25) is 0 Å². The predicted octanol–water partition coefficient (Wildman–Crippen LogP) is 2.25. The van der Waals surface area contributed by atoms with E-state index in [9.17, 15) is 14.3 Å². The Balaban J connectivity index is 1.99. The summed E-state index contributed by atoms with van der Waals surface area (Å²) < 4.78 is 17.2. The first kappa shape index (κ1) is 10.2. The fourth-order valence-corrected chi connectivity index (χ4v) is 2.20. The summed E-state index contributed by atoms with van der Waals surface area (Å²) in [5, 5.41) is 9.57. The summed E-state index contributed by atoms with van der Waals surface area (Å²) in [5.41, 5.74) is 0. The fraction of sp³-hybridized carbons (Fsp3) is 0.545. The summed E-state index contributed by atoms with van der Waals surface area (Å²) in [5.74, 6) is -1.26. The number of allylic oxidation sites excluding steroid dienone is 1. The lowest BCUT2D eigenvalue weighted by molar-refractivity contribution is -0.145. The zero-order chi connectivity index (χ0) is 11.0. The largest absolute Gasteiger partial charge is 0.512 e. The molecule has 0 heterocycles. The maximum Gasteiger partial charge on any atom is 0.367 e. The molecule has 0 spiro atoms. The van der Waals surface area contributed by atoms with Crippen LogP contribution in [0.4, 0.5) is 4.39 Å². The number of carbonyl (C=O) groups is 1. The van der Waals surface area contributed by atoms with E-state index in [0.29, 0.717) is 12.3 Å². The van der Waals surface area contributed by atoms with E-state index in [4.69, 9.17) is 4.74 Å². The molecule has 15 heavy (non-hydrogen) atoms. The van der Waals surface area contributed by atoms with Crippen LogP contribution in [0.5, 0.6) is 0 Å². The first-order valence-corrected chi connectivity index (χ1v) is 5.04. The number of fused-ring (bicyclic) bond motifs is 1. The summed E-state index contributed by atoms with van der Waals surface area (Å²) in [6.07, 6.45) is 3.69. The van der Waals surface area contributed by atoms with Crippen molar-refractivity contribution in [2.45, 2.75) is 25.4 Å². The number of esters is 1. The summed E-state index contributed by atoms with van der Waals surface area (Å²) in [7, 11) is 0. The van der Waals surface area contributed by atoms with E-state index in [2.05, 4.69) is 6.58 Å². The second-order valence-electron chi connectivity index (χ2n) is 4.12. The minimum Gasteiger partial charge on any atom is -0.512 e. The molecule has 2 rings (SSSR count). The van der Waals surface area contributed by atoms with Crippen LogP contribution in [0.25, 0.3) is 0 Å². The number of aliphatic hydroxyl groups is 1. The highest BCUT2D eigenvalue weighted by Crippen LogP contribution is 2.45. The van der Waals surface area contributed by atoms with E-state index in [-0.39, 0.29) is 11.7 Å². The molecule has 1 saturated carbocycles. The standard InChI is InChI=1S/C11H13FO3/c1-6(12)11(14)15-8-4-7-2-3-9(7)10(13)5-8/h5,7-9,13H,1-4H2/t7?,8?,9-/m1/s1. The Bertz CT molecular complexity index is 335. The molecule has 0 amide bonds. The van der Waals surface area contributed by atoms with Gasteiger partial charge in [0.05, 0.1) is 5.76 Å². The van der Waals surface area contributed by atoms with Crippen molar-refractivity contribution in [3.05, 3.63) is 24.2 Å². The molecule has 2 aliphatic rings. The van der Waals surface area contributed by atoms with Crippen LogP contribution in [0.1, 0.15) is 19.3 Å². The summed E-state index contributed by atoms with van der Waals surface area (Å²) in [4.78, 5) is 10.9. The molecule has 0 saturated heterocycles. The molecule has 1 N–H and O–H groups in total. The monoisotopic (exact) mass is 212 g/mol. The van der Waals surface area contributed by atoms with Crippen LogP contribution >= 0.6 is 0 Å². The average molecular weight is 212 g/mol. The van der Waals surface area contributed by atoms with E-state index in [1.54, 1.807) is 0 Å². The molecule has 0 radical (unpaired) electrons. The molecule has 0 bridgehead atoms. The van der Waals surface area contributed by atoms with Gasteiger partial charge in [-0.05, 0) is 31.3 Å². The van der Waals surface area contributed by atoms with Gasteiger partial charge in [0, 0.05) is 5.92 Å². The maximum atomic E-state index is 12.4. The summed E-state index contributed by atoms with van der Waals surface area (Å²) in [6.45, 7) is 2.86. The van der Waals surface area contributed by atoms with Crippen LogP contribution < -0.4 is 0 Å². The van der Waals surface area contributed by atoms with Crippen LogP contribution in [0.2, 0.25) is 0 Å². The molecule has 4 heteroatoms. The Labute approximate surface area is 87.2 Å². The van der Waals surface area contributed by atoms with Crippen molar-refractivity contribution >= 4 is 5.97 Å². The quantitative estimate of drug-likeness (QED) is 0.564. The van der Waals surface area contributed by atoms with Gasteiger partial charge >= 0.3 is 5.97 Å². The molecule has 2 aliphatic carbocycles. The minimum atomic E-state index is -1.10. The molecule has 0 aliphatic heterocycles. The molecule has 0 aromatic carbocycles. The first-order chi connectivity index (χ1) is 7.08. The zero-order valence-electron chi connectivity index (χ0n) is 8.28. The highest BCUT2D eigenvalue weighted by atomic mass is 19.1. The van der Waals surface area contributed by atoms with E-state index in [0.717, 1.165) is 12.8 Å². The van der Waals surface area contributed by atoms with Gasteiger partial charge in [0.25, 0.3) is 0 Å². The van der Waals surface area contributed by atoms with Crippen LogP contribution in [-0.2, 0) is 9.53 Å². The van der Waals surface area contributed by atoms with Gasteiger partial charge in [-0.2, -0.15) is 4.39 Å². The van der Waals surface area contributed by atoms with Crippen LogP contribution in [0.15, 0.2) is 24.2 Å². The molecule has 3 nitrogen and oxygen atoms in total. The Morgan fingerprint density at radius 2 is 2.33 bits per heavy atom. The van der Waals surface area contributed by atoms with Crippen molar-refractivity contribution in [2.75, 3.05) is 0 Å². The summed E-state index contributed by atoms with van der Waals surface area (Å²) >= 11 is 0. The highest BCUT2D eigenvalue weighted by Gasteiger charge is 2.39. The van der Waals surface area contributed by atoms with Crippen LogP contribution in [0, 0.1) is 11.8 Å². The Morgan fingerprint density at radius 3 is 2.80 bits per heavy atom. The van der Waals surface area contributed by atoms with Crippen molar-refractivity contribution in [3.8, 4) is 0 Å². The van der Waals surface area contributed by atoms with Crippen LogP contribution in [-0.4, -0.2) is 17.2 Å². The third-order valence-electron chi connectivity index (χ3n) is 3.17. The fourth-order valence-electron chi connectivity index (χ4n) is 2.20. The number of ether oxygens (including phenoxy) is 1. The van der Waals surface area contributed by atoms with E-state index >= 15 is 0 Å². The molecule has 3 atom stereocenters. The molecule has 0 aromatic heterocycles. The molecule has 1 fully saturated rings. The minimum absolute atomic E-state index is 0.230. The van der Waals surface area contributed by atoms with Crippen molar-refractivity contribution in [3.63, 3.8) is 0 Å². The van der Waals surface area contributed by atoms with Gasteiger partial charge < -0.3 is 9.84 Å². The molecule has 82 valence electrons. The topological polar surface area (TPSA) is 46.5 Å². The number of aliphatic hydroxyl groups excluding tert-OH is 1. The maximum absolute atomic E-state index is 12.4. The second kappa shape index (κ2) is 3.68. The molecule has 0 aromatic rings. The number of rotatable bonds is 2. The number of halogens is 1. The zero-order valence-corrected chi connectivity index (χ0v) is 8.28.